The fraction of sp³-hybridized carbons (Fsp3) is 0.391. The molecule has 1 aliphatic heterocycles. The third-order valence-electron chi connectivity index (χ3n) is 5.45. The molecule has 0 aromatic heterocycles. The van der Waals surface area contributed by atoms with E-state index in [0.29, 0.717) is 30.7 Å². The van der Waals surface area contributed by atoms with Crippen molar-refractivity contribution in [3.05, 3.63) is 65.2 Å². The smallest absolute Gasteiger partial charge is 0.314 e. The summed E-state index contributed by atoms with van der Waals surface area (Å²) >= 11 is 0. The van der Waals surface area contributed by atoms with E-state index in [2.05, 4.69) is 0 Å². The molecule has 2 aromatic carbocycles. The van der Waals surface area contributed by atoms with Gasteiger partial charge < -0.3 is 14.4 Å². The minimum atomic E-state index is -1.11. The van der Waals surface area contributed by atoms with Crippen LogP contribution in [0.4, 0.5) is 8.78 Å². The molecule has 7 heteroatoms. The minimum absolute atomic E-state index is 0.0215. The van der Waals surface area contributed by atoms with Gasteiger partial charge in [0.15, 0.2) is 0 Å². The SMILES string of the molecule is CCOC(=O)[C@@]1(Cc2ccc(F)cc2F)CCCN(C(=O)c2ccccc2OC)C1. The maximum Gasteiger partial charge on any atom is 0.314 e. The Morgan fingerprint density at radius 2 is 1.93 bits per heavy atom. The number of halogens is 2. The highest BCUT2D eigenvalue weighted by atomic mass is 19.1. The van der Waals surface area contributed by atoms with Crippen molar-refractivity contribution < 1.29 is 27.8 Å². The molecule has 0 aliphatic carbocycles. The maximum absolute atomic E-state index is 14.4. The molecule has 1 heterocycles. The third-order valence-corrected chi connectivity index (χ3v) is 5.45. The number of piperidine rings is 1. The first kappa shape index (κ1) is 21.7. The van der Waals surface area contributed by atoms with E-state index in [-0.39, 0.29) is 31.0 Å². The lowest BCUT2D eigenvalue weighted by molar-refractivity contribution is -0.158. The van der Waals surface area contributed by atoms with Gasteiger partial charge in [-0.15, -0.1) is 0 Å². The molecular weight excluding hydrogens is 392 g/mol. The molecule has 0 N–H and O–H groups in total. The van der Waals surface area contributed by atoms with Gasteiger partial charge in [-0.25, -0.2) is 8.78 Å². The van der Waals surface area contributed by atoms with Crippen molar-refractivity contribution >= 4 is 11.9 Å². The summed E-state index contributed by atoms with van der Waals surface area (Å²) in [6.45, 7) is 2.42. The summed E-state index contributed by atoms with van der Waals surface area (Å²) in [7, 11) is 1.49. The standard InChI is InChI=1S/C23H25F2NO4/c1-3-30-22(28)23(14-16-9-10-17(24)13-19(16)25)11-6-12-26(15-23)21(27)18-7-4-5-8-20(18)29-2/h4-5,7-10,13H,3,6,11-12,14-15H2,1-2H3/t23-/m1/s1. The second-order valence-corrected chi connectivity index (χ2v) is 7.44. The zero-order valence-corrected chi connectivity index (χ0v) is 17.1. The molecule has 0 radical (unpaired) electrons. The van der Waals surface area contributed by atoms with E-state index in [1.165, 1.54) is 13.2 Å². The van der Waals surface area contributed by atoms with Gasteiger partial charge in [0.25, 0.3) is 5.91 Å². The van der Waals surface area contributed by atoms with Gasteiger partial charge in [0.2, 0.25) is 0 Å². The Kier molecular flexibility index (Phi) is 6.70. The molecule has 5 nitrogen and oxygen atoms in total. The fourth-order valence-corrected chi connectivity index (χ4v) is 3.99. The Balaban J connectivity index is 1.93. The van der Waals surface area contributed by atoms with Gasteiger partial charge in [0.1, 0.15) is 17.4 Å². The molecule has 1 amide bonds. The van der Waals surface area contributed by atoms with Gasteiger partial charge in [-0.05, 0) is 49.9 Å². The number of methoxy groups -OCH3 is 1. The highest BCUT2D eigenvalue weighted by Gasteiger charge is 2.45. The topological polar surface area (TPSA) is 55.8 Å². The predicted molar refractivity (Wildman–Crippen MR) is 107 cm³/mol. The first-order valence-corrected chi connectivity index (χ1v) is 9.93. The van der Waals surface area contributed by atoms with E-state index in [1.807, 2.05) is 0 Å². The molecule has 1 aliphatic rings. The van der Waals surface area contributed by atoms with Gasteiger partial charge in [-0.3, -0.25) is 9.59 Å². The Bertz CT molecular complexity index is 933. The van der Waals surface area contributed by atoms with Crippen LogP contribution in [0.25, 0.3) is 0 Å². The number of carbonyl (C=O) groups is 2. The summed E-state index contributed by atoms with van der Waals surface area (Å²) in [5.41, 5.74) is -0.492. The van der Waals surface area contributed by atoms with Crippen LogP contribution in [0, 0.1) is 17.0 Å². The van der Waals surface area contributed by atoms with E-state index >= 15 is 0 Å². The first-order chi connectivity index (χ1) is 14.4. The lowest BCUT2D eigenvalue weighted by Crippen LogP contribution is -2.51. The van der Waals surface area contributed by atoms with Crippen molar-refractivity contribution in [1.29, 1.82) is 0 Å². The number of carbonyl (C=O) groups excluding carboxylic acids is 2. The van der Waals surface area contributed by atoms with E-state index in [9.17, 15) is 18.4 Å². The Morgan fingerprint density at radius 1 is 1.17 bits per heavy atom. The molecule has 2 aromatic rings. The maximum atomic E-state index is 14.4. The van der Waals surface area contributed by atoms with E-state index in [4.69, 9.17) is 9.47 Å². The first-order valence-electron chi connectivity index (χ1n) is 9.93. The number of para-hydroxylation sites is 1. The van der Waals surface area contributed by atoms with Crippen LogP contribution in [0.5, 0.6) is 5.75 Å². The number of amides is 1. The normalized spacial score (nSPS) is 18.7. The summed E-state index contributed by atoms with van der Waals surface area (Å²) in [5, 5.41) is 0. The van der Waals surface area contributed by atoms with Crippen molar-refractivity contribution in [1.82, 2.24) is 4.90 Å². The quantitative estimate of drug-likeness (QED) is 0.667. The van der Waals surface area contributed by atoms with Crippen LogP contribution in [0.15, 0.2) is 42.5 Å². The molecule has 0 spiro atoms. The molecule has 1 fully saturated rings. The minimum Gasteiger partial charge on any atom is -0.496 e. The van der Waals surface area contributed by atoms with Gasteiger partial charge in [0.05, 0.1) is 24.7 Å². The highest BCUT2D eigenvalue weighted by Crippen LogP contribution is 2.37. The van der Waals surface area contributed by atoms with Gasteiger partial charge >= 0.3 is 5.97 Å². The Hall–Kier alpha value is -2.96. The van der Waals surface area contributed by atoms with Crippen LogP contribution in [-0.4, -0.2) is 43.6 Å². The monoisotopic (exact) mass is 417 g/mol. The number of esters is 1. The number of hydrogen-bond donors (Lipinski definition) is 0. The lowest BCUT2D eigenvalue weighted by Gasteiger charge is -2.41. The van der Waals surface area contributed by atoms with Crippen LogP contribution in [-0.2, 0) is 16.0 Å². The highest BCUT2D eigenvalue weighted by molar-refractivity contribution is 5.97. The van der Waals surface area contributed by atoms with Crippen LogP contribution in [0.3, 0.4) is 0 Å². The number of benzene rings is 2. The second-order valence-electron chi connectivity index (χ2n) is 7.44. The molecule has 1 saturated heterocycles. The van der Waals surface area contributed by atoms with Crippen molar-refractivity contribution in [3.63, 3.8) is 0 Å². The molecule has 0 saturated carbocycles. The second kappa shape index (κ2) is 9.24. The van der Waals surface area contributed by atoms with E-state index in [1.54, 1.807) is 36.1 Å². The van der Waals surface area contributed by atoms with Crippen molar-refractivity contribution in [2.75, 3.05) is 26.8 Å². The number of ether oxygens (including phenoxy) is 2. The third kappa shape index (κ3) is 4.45. The van der Waals surface area contributed by atoms with Crippen LogP contribution >= 0.6 is 0 Å². The van der Waals surface area contributed by atoms with Crippen molar-refractivity contribution in [2.45, 2.75) is 26.2 Å². The average Bonchev–Trinajstić information content (AvgIpc) is 2.75. The van der Waals surface area contributed by atoms with Gasteiger partial charge in [-0.2, -0.15) is 0 Å². The molecule has 160 valence electrons. The number of nitrogens with zero attached hydrogens (tertiary/aromatic N) is 1. The zero-order valence-electron chi connectivity index (χ0n) is 17.1. The largest absolute Gasteiger partial charge is 0.496 e. The van der Waals surface area contributed by atoms with Crippen LogP contribution in [0.1, 0.15) is 35.7 Å². The lowest BCUT2D eigenvalue weighted by atomic mass is 9.74. The predicted octanol–water partition coefficient (Wildman–Crippen LogP) is 4.00. The summed E-state index contributed by atoms with van der Waals surface area (Å²) in [6.07, 6.45) is 1.02. The number of likely N-dealkylation sites (tertiary alicyclic amines) is 1. The fourth-order valence-electron chi connectivity index (χ4n) is 3.99. The molecular formula is C23H25F2NO4. The Labute approximate surface area is 174 Å². The summed E-state index contributed by atoms with van der Waals surface area (Å²) in [6, 6.07) is 10.2. The van der Waals surface area contributed by atoms with Crippen molar-refractivity contribution in [3.8, 4) is 5.75 Å². The van der Waals surface area contributed by atoms with Crippen molar-refractivity contribution in [2.24, 2.45) is 5.41 Å². The summed E-state index contributed by atoms with van der Waals surface area (Å²) < 4.78 is 38.3. The summed E-state index contributed by atoms with van der Waals surface area (Å²) in [5.74, 6) is -1.70. The zero-order chi connectivity index (χ0) is 21.7. The molecule has 1 atom stereocenters. The van der Waals surface area contributed by atoms with Crippen LogP contribution < -0.4 is 4.74 Å². The number of hydrogen-bond acceptors (Lipinski definition) is 4. The Morgan fingerprint density at radius 3 is 2.63 bits per heavy atom. The van der Waals surface area contributed by atoms with Gasteiger partial charge in [-0.1, -0.05) is 18.2 Å². The average molecular weight is 417 g/mol. The van der Waals surface area contributed by atoms with Gasteiger partial charge in [0, 0.05) is 19.2 Å². The van der Waals surface area contributed by atoms with E-state index < -0.39 is 23.0 Å². The van der Waals surface area contributed by atoms with Crippen LogP contribution in [0.2, 0.25) is 0 Å². The molecule has 30 heavy (non-hydrogen) atoms. The van der Waals surface area contributed by atoms with E-state index in [0.717, 1.165) is 12.1 Å². The molecule has 0 bridgehead atoms. The molecule has 3 rings (SSSR count). The summed E-state index contributed by atoms with van der Waals surface area (Å²) in [4.78, 5) is 27.7. The number of rotatable bonds is 6. The molecule has 0 unspecified atom stereocenters.